The van der Waals surface area contributed by atoms with Gasteiger partial charge in [-0.05, 0) is 24.6 Å². The lowest BCUT2D eigenvalue weighted by Gasteiger charge is -2.02. The summed E-state index contributed by atoms with van der Waals surface area (Å²) >= 11 is 0. The van der Waals surface area contributed by atoms with E-state index in [0.29, 0.717) is 12.2 Å². The highest BCUT2D eigenvalue weighted by atomic mass is 19.1. The SMILES string of the molecule is Cc1[nH]ncc1-c1cnc2[nH]cc(-c3cnn(Cc4cccc(F)c4)c3)c2n1. The number of benzene rings is 1. The molecule has 0 unspecified atom stereocenters. The van der Waals surface area contributed by atoms with Crippen molar-refractivity contribution in [1.82, 2.24) is 34.9 Å². The van der Waals surface area contributed by atoms with E-state index >= 15 is 0 Å². The number of nitrogens with one attached hydrogen (secondary N) is 2. The predicted octanol–water partition coefficient (Wildman–Crippen LogP) is 3.71. The second-order valence-electron chi connectivity index (χ2n) is 6.62. The number of fused-ring (bicyclic) bond motifs is 1. The summed E-state index contributed by atoms with van der Waals surface area (Å²) in [7, 11) is 0. The molecule has 0 spiro atoms. The van der Waals surface area contributed by atoms with E-state index in [1.807, 2.05) is 25.4 Å². The Balaban J connectivity index is 1.51. The molecule has 0 bridgehead atoms. The standard InChI is InChI=1S/C20H16FN7/c1-12-16(8-24-27-12)18-9-23-20-19(26-18)17(7-22-20)14-6-25-28(11-14)10-13-3-2-4-15(21)5-13/h2-9,11H,10H2,1H3,(H,22,23)(H,24,27). The third-order valence-electron chi connectivity index (χ3n) is 4.66. The topological polar surface area (TPSA) is 88.1 Å². The maximum atomic E-state index is 13.4. The van der Waals surface area contributed by atoms with Crippen LogP contribution in [0.2, 0.25) is 0 Å². The first-order chi connectivity index (χ1) is 13.7. The van der Waals surface area contributed by atoms with Crippen LogP contribution in [0.15, 0.2) is 55.2 Å². The summed E-state index contributed by atoms with van der Waals surface area (Å²) in [6, 6.07) is 6.52. The van der Waals surface area contributed by atoms with Crippen molar-refractivity contribution < 1.29 is 4.39 Å². The average molecular weight is 373 g/mol. The lowest BCUT2D eigenvalue weighted by atomic mass is 10.1. The fourth-order valence-electron chi connectivity index (χ4n) is 3.26. The Labute approximate surface area is 159 Å². The monoisotopic (exact) mass is 373 g/mol. The van der Waals surface area contributed by atoms with E-state index in [0.717, 1.165) is 39.2 Å². The zero-order valence-electron chi connectivity index (χ0n) is 15.0. The maximum Gasteiger partial charge on any atom is 0.156 e. The molecule has 1 aromatic carbocycles. The molecule has 0 saturated carbocycles. The van der Waals surface area contributed by atoms with Crippen LogP contribution in [0.4, 0.5) is 4.39 Å². The van der Waals surface area contributed by atoms with Gasteiger partial charge in [0.1, 0.15) is 11.3 Å². The molecule has 0 atom stereocenters. The number of halogens is 1. The molecule has 0 aliphatic rings. The number of nitrogens with zero attached hydrogens (tertiary/aromatic N) is 5. The largest absolute Gasteiger partial charge is 0.344 e. The molecule has 4 heterocycles. The molecule has 138 valence electrons. The molecule has 2 N–H and O–H groups in total. The first-order valence-electron chi connectivity index (χ1n) is 8.79. The third kappa shape index (κ3) is 2.84. The van der Waals surface area contributed by atoms with Crippen molar-refractivity contribution in [3.8, 4) is 22.4 Å². The number of rotatable bonds is 4. The molecule has 7 nitrogen and oxygen atoms in total. The van der Waals surface area contributed by atoms with Crippen molar-refractivity contribution in [2.24, 2.45) is 0 Å². The van der Waals surface area contributed by atoms with E-state index in [1.54, 1.807) is 29.3 Å². The minimum atomic E-state index is -0.251. The van der Waals surface area contributed by atoms with Crippen molar-refractivity contribution in [2.75, 3.05) is 0 Å². The van der Waals surface area contributed by atoms with Gasteiger partial charge in [0, 0.05) is 34.8 Å². The van der Waals surface area contributed by atoms with Crippen LogP contribution in [0, 0.1) is 12.7 Å². The van der Waals surface area contributed by atoms with E-state index in [9.17, 15) is 4.39 Å². The van der Waals surface area contributed by atoms with Gasteiger partial charge in [-0.3, -0.25) is 9.78 Å². The van der Waals surface area contributed by atoms with Crippen LogP contribution in [0.3, 0.4) is 0 Å². The zero-order valence-corrected chi connectivity index (χ0v) is 15.0. The number of aryl methyl sites for hydroxylation is 1. The summed E-state index contributed by atoms with van der Waals surface area (Å²) in [4.78, 5) is 12.4. The fourth-order valence-corrected chi connectivity index (χ4v) is 3.26. The van der Waals surface area contributed by atoms with Gasteiger partial charge in [0.15, 0.2) is 5.65 Å². The Morgan fingerprint density at radius 3 is 2.89 bits per heavy atom. The van der Waals surface area contributed by atoms with Gasteiger partial charge in [0.2, 0.25) is 0 Å². The minimum absolute atomic E-state index is 0.251. The molecule has 5 rings (SSSR count). The zero-order chi connectivity index (χ0) is 19.1. The van der Waals surface area contributed by atoms with E-state index in [-0.39, 0.29) is 5.82 Å². The van der Waals surface area contributed by atoms with Crippen molar-refractivity contribution >= 4 is 11.2 Å². The highest BCUT2D eigenvalue weighted by molar-refractivity contribution is 5.91. The molecular formula is C20H16FN7. The van der Waals surface area contributed by atoms with Gasteiger partial charge in [-0.1, -0.05) is 12.1 Å². The predicted molar refractivity (Wildman–Crippen MR) is 103 cm³/mol. The van der Waals surface area contributed by atoms with Crippen LogP contribution in [0.5, 0.6) is 0 Å². The quantitative estimate of drug-likeness (QED) is 0.503. The lowest BCUT2D eigenvalue weighted by Crippen LogP contribution is -1.99. The van der Waals surface area contributed by atoms with Gasteiger partial charge in [0.05, 0.1) is 30.8 Å². The number of hydrogen-bond donors (Lipinski definition) is 2. The second kappa shape index (κ2) is 6.41. The van der Waals surface area contributed by atoms with Crippen LogP contribution < -0.4 is 0 Å². The molecule has 0 amide bonds. The van der Waals surface area contributed by atoms with Crippen molar-refractivity contribution in [3.05, 3.63) is 72.3 Å². The number of H-pyrrole nitrogens is 2. The third-order valence-corrected chi connectivity index (χ3v) is 4.66. The Kier molecular flexibility index (Phi) is 3.75. The van der Waals surface area contributed by atoms with Crippen LogP contribution in [-0.4, -0.2) is 34.9 Å². The second-order valence-corrected chi connectivity index (χ2v) is 6.62. The summed E-state index contributed by atoms with van der Waals surface area (Å²) in [5.74, 6) is -0.251. The summed E-state index contributed by atoms with van der Waals surface area (Å²) in [5.41, 5.74) is 6.77. The van der Waals surface area contributed by atoms with E-state index in [2.05, 4.69) is 25.3 Å². The van der Waals surface area contributed by atoms with Crippen molar-refractivity contribution in [3.63, 3.8) is 0 Å². The van der Waals surface area contributed by atoms with Gasteiger partial charge < -0.3 is 4.98 Å². The summed E-state index contributed by atoms with van der Waals surface area (Å²) in [6.07, 6.45) is 9.05. The summed E-state index contributed by atoms with van der Waals surface area (Å²) < 4.78 is 15.2. The maximum absolute atomic E-state index is 13.4. The Hall–Kier alpha value is -3.81. The van der Waals surface area contributed by atoms with Crippen LogP contribution in [0.1, 0.15) is 11.3 Å². The highest BCUT2D eigenvalue weighted by Gasteiger charge is 2.14. The Morgan fingerprint density at radius 2 is 2.07 bits per heavy atom. The molecule has 0 aliphatic heterocycles. The fraction of sp³-hybridized carbons (Fsp3) is 0.100. The van der Waals surface area contributed by atoms with E-state index in [4.69, 9.17) is 4.98 Å². The van der Waals surface area contributed by atoms with E-state index < -0.39 is 0 Å². The summed E-state index contributed by atoms with van der Waals surface area (Å²) in [5, 5.41) is 11.4. The van der Waals surface area contributed by atoms with Crippen molar-refractivity contribution in [1.29, 1.82) is 0 Å². The molecule has 5 aromatic rings. The Morgan fingerprint density at radius 1 is 1.14 bits per heavy atom. The lowest BCUT2D eigenvalue weighted by molar-refractivity contribution is 0.619. The van der Waals surface area contributed by atoms with Crippen LogP contribution >= 0.6 is 0 Å². The van der Waals surface area contributed by atoms with Crippen LogP contribution in [0.25, 0.3) is 33.5 Å². The smallest absolute Gasteiger partial charge is 0.156 e. The first-order valence-corrected chi connectivity index (χ1v) is 8.79. The number of hydrogen-bond acceptors (Lipinski definition) is 4. The van der Waals surface area contributed by atoms with Gasteiger partial charge in [-0.2, -0.15) is 10.2 Å². The van der Waals surface area contributed by atoms with Gasteiger partial charge in [-0.15, -0.1) is 0 Å². The molecule has 4 aromatic heterocycles. The van der Waals surface area contributed by atoms with Crippen molar-refractivity contribution in [2.45, 2.75) is 13.5 Å². The van der Waals surface area contributed by atoms with Gasteiger partial charge in [0.25, 0.3) is 0 Å². The number of aromatic nitrogens is 7. The molecule has 8 heteroatoms. The highest BCUT2D eigenvalue weighted by Crippen LogP contribution is 2.28. The summed E-state index contributed by atoms with van der Waals surface area (Å²) in [6.45, 7) is 2.44. The molecule has 0 saturated heterocycles. The van der Waals surface area contributed by atoms with Crippen LogP contribution in [-0.2, 0) is 6.54 Å². The van der Waals surface area contributed by atoms with Gasteiger partial charge >= 0.3 is 0 Å². The van der Waals surface area contributed by atoms with E-state index in [1.165, 1.54) is 12.1 Å². The molecular weight excluding hydrogens is 357 g/mol. The normalized spacial score (nSPS) is 11.4. The Bertz CT molecular complexity index is 1280. The molecule has 0 radical (unpaired) electrons. The average Bonchev–Trinajstić information content (AvgIpc) is 3.40. The molecule has 28 heavy (non-hydrogen) atoms. The molecule has 0 aliphatic carbocycles. The first kappa shape index (κ1) is 16.4. The minimum Gasteiger partial charge on any atom is -0.344 e. The molecule has 0 fully saturated rings. The van der Waals surface area contributed by atoms with Gasteiger partial charge in [-0.25, -0.2) is 14.4 Å². The number of aromatic amines is 2.